The smallest absolute Gasteiger partial charge is 0.307 e. The first-order chi connectivity index (χ1) is 6.83. The molecule has 0 N–H and O–H groups in total. The van der Waals surface area contributed by atoms with Crippen LogP contribution in [0.2, 0.25) is 0 Å². The van der Waals surface area contributed by atoms with Crippen LogP contribution in [-0.4, -0.2) is 39.3 Å². The van der Waals surface area contributed by atoms with Crippen LogP contribution in [0.1, 0.15) is 6.42 Å². The van der Waals surface area contributed by atoms with Gasteiger partial charge in [-0.05, 0) is 10.4 Å². The maximum atomic E-state index is 10.8. The van der Waals surface area contributed by atoms with Crippen molar-refractivity contribution in [3.63, 3.8) is 0 Å². The molecule has 0 aliphatic rings. The first kappa shape index (κ1) is 10.2. The van der Waals surface area contributed by atoms with Gasteiger partial charge in [-0.1, -0.05) is 5.18 Å². The highest BCUT2D eigenvalue weighted by molar-refractivity contribution is 5.69. The number of carbonyl (C=O) groups is 1. The van der Waals surface area contributed by atoms with E-state index in [1.165, 1.54) is 11.0 Å². The quantitative estimate of drug-likeness (QED) is 0.446. The summed E-state index contributed by atoms with van der Waals surface area (Å²) >= 11 is 0. The van der Waals surface area contributed by atoms with E-state index in [1.54, 1.807) is 0 Å². The maximum Gasteiger partial charge on any atom is 0.307 e. The second-order valence-corrected chi connectivity index (χ2v) is 2.40. The second kappa shape index (κ2) is 5.73. The van der Waals surface area contributed by atoms with Crippen molar-refractivity contribution in [3.05, 3.63) is 11.2 Å². The monoisotopic (exact) mass is 199 g/mol. The van der Waals surface area contributed by atoms with Crippen molar-refractivity contribution >= 4 is 5.97 Å². The molecule has 0 bridgehead atoms. The van der Waals surface area contributed by atoms with Crippen molar-refractivity contribution in [1.29, 1.82) is 0 Å². The van der Waals surface area contributed by atoms with E-state index < -0.39 is 5.97 Å². The van der Waals surface area contributed by atoms with E-state index >= 15 is 0 Å². The van der Waals surface area contributed by atoms with Gasteiger partial charge in [-0.3, -0.25) is 4.79 Å². The van der Waals surface area contributed by atoms with Gasteiger partial charge in [0.15, 0.2) is 0 Å². The fourth-order valence-corrected chi connectivity index (χ4v) is 0.745. The molecule has 8 nitrogen and oxygen atoms in total. The summed E-state index contributed by atoms with van der Waals surface area (Å²) in [6, 6.07) is 0. The van der Waals surface area contributed by atoms with E-state index in [9.17, 15) is 9.70 Å². The summed E-state index contributed by atoms with van der Waals surface area (Å²) in [5, 5.41) is 12.9. The minimum absolute atomic E-state index is 0.0130. The molecule has 1 heterocycles. The Labute approximate surface area is 79.2 Å². The largest absolute Gasteiger partial charge is 0.464 e. The van der Waals surface area contributed by atoms with Gasteiger partial charge >= 0.3 is 5.97 Å². The Hall–Kier alpha value is -1.86. The number of aromatic nitrogens is 4. The van der Waals surface area contributed by atoms with Crippen molar-refractivity contribution in [2.75, 3.05) is 13.2 Å². The lowest BCUT2D eigenvalue weighted by molar-refractivity contribution is -0.143. The molecule has 0 amide bonds. The molecule has 1 aromatic rings. The zero-order chi connectivity index (χ0) is 10.2. The first-order valence-electron chi connectivity index (χ1n) is 3.98. The van der Waals surface area contributed by atoms with E-state index in [-0.39, 0.29) is 19.6 Å². The molecule has 0 radical (unpaired) electrons. The molecule has 0 aromatic carbocycles. The molecule has 0 saturated carbocycles. The lowest BCUT2D eigenvalue weighted by atomic mass is 10.4. The number of carbonyl (C=O) groups excluding carboxylic acids is 1. The molecule has 0 saturated heterocycles. The standard InChI is InChI=1S/C6H9N5O3/c12-6(1-2-8-13)14-4-3-11-5-7-9-10-11/h5H,1-4H2. The molecule has 76 valence electrons. The third-order valence-electron chi connectivity index (χ3n) is 1.38. The van der Waals surface area contributed by atoms with Crippen LogP contribution in [0.15, 0.2) is 11.5 Å². The summed E-state index contributed by atoms with van der Waals surface area (Å²) in [6.45, 7) is 0.527. The Kier molecular flexibility index (Phi) is 4.18. The lowest BCUT2D eigenvalue weighted by Gasteiger charge is -2.01. The average molecular weight is 199 g/mol. The van der Waals surface area contributed by atoms with Crippen LogP contribution in [0.4, 0.5) is 0 Å². The highest BCUT2D eigenvalue weighted by atomic mass is 16.5. The van der Waals surface area contributed by atoms with Crippen molar-refractivity contribution in [2.45, 2.75) is 13.0 Å². The molecule has 0 atom stereocenters. The lowest BCUT2D eigenvalue weighted by Crippen LogP contribution is -2.12. The molecule has 1 aromatic heterocycles. The Bertz CT molecular complexity index is 286. The summed E-state index contributed by atoms with van der Waals surface area (Å²) in [7, 11) is 0. The second-order valence-electron chi connectivity index (χ2n) is 2.40. The van der Waals surface area contributed by atoms with E-state index in [0.717, 1.165) is 0 Å². The number of nitroso groups, excluding NO2 is 1. The number of rotatable bonds is 6. The Morgan fingerprint density at radius 3 is 3.07 bits per heavy atom. The third-order valence-corrected chi connectivity index (χ3v) is 1.38. The van der Waals surface area contributed by atoms with Crippen LogP contribution >= 0.6 is 0 Å². The Morgan fingerprint density at radius 2 is 2.43 bits per heavy atom. The zero-order valence-electron chi connectivity index (χ0n) is 7.37. The van der Waals surface area contributed by atoms with E-state index in [2.05, 4.69) is 20.7 Å². The third kappa shape index (κ3) is 3.70. The minimum Gasteiger partial charge on any atom is -0.464 e. The summed E-state index contributed by atoms with van der Waals surface area (Å²) in [5.41, 5.74) is 0. The number of ether oxygens (including phenoxy) is 1. The average Bonchev–Trinajstić information content (AvgIpc) is 2.67. The number of hydrogen-bond acceptors (Lipinski definition) is 7. The number of esters is 1. The van der Waals surface area contributed by atoms with Gasteiger partial charge < -0.3 is 4.74 Å². The van der Waals surface area contributed by atoms with Gasteiger partial charge in [0, 0.05) is 0 Å². The first-order valence-corrected chi connectivity index (χ1v) is 3.98. The van der Waals surface area contributed by atoms with Crippen LogP contribution in [0, 0.1) is 4.91 Å². The summed E-state index contributed by atoms with van der Waals surface area (Å²) < 4.78 is 6.20. The summed E-state index contributed by atoms with van der Waals surface area (Å²) in [4.78, 5) is 20.5. The van der Waals surface area contributed by atoms with Crippen molar-refractivity contribution in [3.8, 4) is 0 Å². The fraction of sp³-hybridized carbons (Fsp3) is 0.667. The SMILES string of the molecule is O=NCCC(=O)OCCn1cnnn1. The van der Waals surface area contributed by atoms with E-state index in [0.29, 0.717) is 6.54 Å². The van der Waals surface area contributed by atoms with Crippen molar-refractivity contribution in [2.24, 2.45) is 5.18 Å². The molecule has 14 heavy (non-hydrogen) atoms. The topological polar surface area (TPSA) is 99.3 Å². The minimum atomic E-state index is -0.447. The van der Waals surface area contributed by atoms with Gasteiger partial charge in [0.2, 0.25) is 0 Å². The fourth-order valence-electron chi connectivity index (χ4n) is 0.745. The van der Waals surface area contributed by atoms with Gasteiger partial charge in [-0.25, -0.2) is 4.68 Å². The molecule has 0 unspecified atom stereocenters. The maximum absolute atomic E-state index is 10.8. The van der Waals surface area contributed by atoms with Crippen molar-refractivity contribution in [1.82, 2.24) is 20.2 Å². The highest BCUT2D eigenvalue weighted by Crippen LogP contribution is 1.88. The summed E-state index contributed by atoms with van der Waals surface area (Å²) in [6.07, 6.45) is 1.43. The highest BCUT2D eigenvalue weighted by Gasteiger charge is 2.02. The Balaban J connectivity index is 2.09. The van der Waals surface area contributed by atoms with E-state index in [4.69, 9.17) is 4.74 Å². The van der Waals surface area contributed by atoms with Crippen LogP contribution in [-0.2, 0) is 16.1 Å². The molecular weight excluding hydrogens is 190 g/mol. The molecule has 8 heteroatoms. The van der Waals surface area contributed by atoms with Gasteiger partial charge in [0.1, 0.15) is 12.9 Å². The molecular formula is C6H9N5O3. The van der Waals surface area contributed by atoms with Crippen LogP contribution in [0.25, 0.3) is 0 Å². The molecule has 0 aliphatic carbocycles. The van der Waals surface area contributed by atoms with Gasteiger partial charge in [0.25, 0.3) is 0 Å². The van der Waals surface area contributed by atoms with Crippen molar-refractivity contribution < 1.29 is 9.53 Å². The van der Waals surface area contributed by atoms with Crippen LogP contribution in [0.5, 0.6) is 0 Å². The van der Waals surface area contributed by atoms with Gasteiger partial charge in [0.05, 0.1) is 19.5 Å². The number of hydrogen-bond donors (Lipinski definition) is 0. The van der Waals surface area contributed by atoms with Crippen LogP contribution < -0.4 is 0 Å². The predicted octanol–water partition coefficient (Wildman–Crippen LogP) is -0.627. The van der Waals surface area contributed by atoms with E-state index in [1.807, 2.05) is 0 Å². The normalized spacial score (nSPS) is 9.71. The molecule has 0 aliphatic heterocycles. The summed E-state index contributed by atoms with van der Waals surface area (Å²) in [5.74, 6) is -0.447. The zero-order valence-corrected chi connectivity index (χ0v) is 7.37. The van der Waals surface area contributed by atoms with Gasteiger partial charge in [-0.15, -0.1) is 5.10 Å². The predicted molar refractivity (Wildman–Crippen MR) is 44.1 cm³/mol. The Morgan fingerprint density at radius 1 is 1.57 bits per heavy atom. The van der Waals surface area contributed by atoms with Crippen LogP contribution in [0.3, 0.4) is 0 Å². The van der Waals surface area contributed by atoms with Gasteiger partial charge in [-0.2, -0.15) is 4.91 Å². The number of tetrazole rings is 1. The molecule has 1 rings (SSSR count). The molecule has 0 spiro atoms. The number of nitrogens with zero attached hydrogens (tertiary/aromatic N) is 5. The molecule has 0 fully saturated rings.